The van der Waals surface area contributed by atoms with E-state index in [0.29, 0.717) is 17.5 Å². The third-order valence-corrected chi connectivity index (χ3v) is 3.38. The standard InChI is InChI=1S/C11H15ClN4O/c1-7-14-8(12)5-9(15-7)16-4-3-11(2,6-16)10(13)17/h5H,3-4,6H2,1-2H3,(H2,13,17). The summed E-state index contributed by atoms with van der Waals surface area (Å²) in [5, 5.41) is 0.417. The number of carbonyl (C=O) groups is 1. The van der Waals surface area contributed by atoms with Gasteiger partial charge in [-0.3, -0.25) is 4.79 Å². The van der Waals surface area contributed by atoms with Gasteiger partial charge in [0, 0.05) is 19.2 Å². The Kier molecular flexibility index (Phi) is 2.95. The molecule has 2 rings (SSSR count). The third-order valence-electron chi connectivity index (χ3n) is 3.19. The molecule has 1 aromatic heterocycles. The van der Waals surface area contributed by atoms with Gasteiger partial charge in [-0.1, -0.05) is 11.6 Å². The Balaban J connectivity index is 2.23. The van der Waals surface area contributed by atoms with E-state index >= 15 is 0 Å². The molecule has 92 valence electrons. The van der Waals surface area contributed by atoms with E-state index in [4.69, 9.17) is 17.3 Å². The molecule has 1 unspecified atom stereocenters. The fraction of sp³-hybridized carbons (Fsp3) is 0.545. The fourth-order valence-corrected chi connectivity index (χ4v) is 2.26. The van der Waals surface area contributed by atoms with Crippen molar-refractivity contribution in [2.45, 2.75) is 20.3 Å². The van der Waals surface area contributed by atoms with Crippen LogP contribution in [0.15, 0.2) is 6.07 Å². The number of carbonyl (C=O) groups excluding carboxylic acids is 1. The fourth-order valence-electron chi connectivity index (χ4n) is 2.04. The second-order valence-electron chi connectivity index (χ2n) is 4.69. The van der Waals surface area contributed by atoms with Gasteiger partial charge in [0.25, 0.3) is 0 Å². The summed E-state index contributed by atoms with van der Waals surface area (Å²) in [6.07, 6.45) is 0.739. The van der Waals surface area contributed by atoms with Crippen LogP contribution in [0.3, 0.4) is 0 Å². The lowest BCUT2D eigenvalue weighted by molar-refractivity contribution is -0.125. The van der Waals surface area contributed by atoms with Crippen molar-refractivity contribution in [2.75, 3.05) is 18.0 Å². The summed E-state index contributed by atoms with van der Waals surface area (Å²) in [6, 6.07) is 1.71. The number of aromatic nitrogens is 2. The van der Waals surface area contributed by atoms with Crippen LogP contribution in [0, 0.1) is 12.3 Å². The summed E-state index contributed by atoms with van der Waals surface area (Å²) in [4.78, 5) is 21.7. The van der Waals surface area contributed by atoms with E-state index in [9.17, 15) is 4.79 Å². The molecule has 1 atom stereocenters. The molecule has 1 fully saturated rings. The predicted octanol–water partition coefficient (Wildman–Crippen LogP) is 1.14. The number of rotatable bonds is 2. The Morgan fingerprint density at radius 2 is 2.29 bits per heavy atom. The smallest absolute Gasteiger partial charge is 0.225 e. The van der Waals surface area contributed by atoms with E-state index in [1.54, 1.807) is 13.0 Å². The molecule has 0 spiro atoms. The summed E-state index contributed by atoms with van der Waals surface area (Å²) in [7, 11) is 0. The molecule has 1 aliphatic heterocycles. The largest absolute Gasteiger partial charge is 0.369 e. The molecule has 6 heteroatoms. The second-order valence-corrected chi connectivity index (χ2v) is 5.08. The van der Waals surface area contributed by atoms with Crippen LogP contribution in [-0.2, 0) is 4.79 Å². The number of hydrogen-bond donors (Lipinski definition) is 1. The number of aryl methyl sites for hydroxylation is 1. The Labute approximate surface area is 105 Å². The molecule has 1 aliphatic rings. The minimum Gasteiger partial charge on any atom is -0.369 e. The van der Waals surface area contributed by atoms with Gasteiger partial charge < -0.3 is 10.6 Å². The molecule has 0 bridgehead atoms. The van der Waals surface area contributed by atoms with Crippen LogP contribution in [0.5, 0.6) is 0 Å². The molecule has 2 heterocycles. The topological polar surface area (TPSA) is 72.1 Å². The predicted molar refractivity (Wildman–Crippen MR) is 65.9 cm³/mol. The number of anilines is 1. The van der Waals surface area contributed by atoms with Gasteiger partial charge in [-0.2, -0.15) is 0 Å². The monoisotopic (exact) mass is 254 g/mol. The van der Waals surface area contributed by atoms with Crippen LogP contribution in [-0.4, -0.2) is 29.0 Å². The van der Waals surface area contributed by atoms with Gasteiger partial charge in [0.1, 0.15) is 16.8 Å². The number of primary amides is 1. The maximum atomic E-state index is 11.4. The maximum Gasteiger partial charge on any atom is 0.225 e. The summed E-state index contributed by atoms with van der Waals surface area (Å²) < 4.78 is 0. The number of nitrogens with zero attached hydrogens (tertiary/aromatic N) is 3. The van der Waals surface area contributed by atoms with Crippen molar-refractivity contribution in [2.24, 2.45) is 11.1 Å². The minimum absolute atomic E-state index is 0.267. The molecule has 1 amide bonds. The first kappa shape index (κ1) is 12.1. The SMILES string of the molecule is Cc1nc(Cl)cc(N2CCC(C)(C(N)=O)C2)n1. The molecule has 17 heavy (non-hydrogen) atoms. The van der Waals surface area contributed by atoms with Crippen LogP contribution in [0.4, 0.5) is 5.82 Å². The Morgan fingerprint density at radius 3 is 2.82 bits per heavy atom. The summed E-state index contributed by atoms with van der Waals surface area (Å²) in [5.74, 6) is 1.12. The first-order chi connectivity index (χ1) is 7.90. The Hall–Kier alpha value is -1.36. The van der Waals surface area contributed by atoms with Crippen LogP contribution in [0.25, 0.3) is 0 Å². The summed E-state index contributed by atoms with van der Waals surface area (Å²) >= 11 is 5.89. The van der Waals surface area contributed by atoms with E-state index in [1.165, 1.54) is 0 Å². The van der Waals surface area contributed by atoms with E-state index in [1.807, 2.05) is 11.8 Å². The van der Waals surface area contributed by atoms with Crippen molar-refractivity contribution in [3.8, 4) is 0 Å². The highest BCUT2D eigenvalue weighted by Crippen LogP contribution is 2.32. The zero-order valence-electron chi connectivity index (χ0n) is 9.90. The van der Waals surface area contributed by atoms with Crippen molar-refractivity contribution in [1.29, 1.82) is 0 Å². The number of hydrogen-bond acceptors (Lipinski definition) is 4. The first-order valence-electron chi connectivity index (χ1n) is 5.47. The van der Waals surface area contributed by atoms with Gasteiger partial charge >= 0.3 is 0 Å². The average Bonchev–Trinajstić information content (AvgIpc) is 2.61. The van der Waals surface area contributed by atoms with Gasteiger partial charge in [0.15, 0.2) is 0 Å². The lowest BCUT2D eigenvalue weighted by atomic mass is 9.89. The molecule has 0 aromatic carbocycles. The first-order valence-corrected chi connectivity index (χ1v) is 5.84. The van der Waals surface area contributed by atoms with Crippen LogP contribution in [0.1, 0.15) is 19.2 Å². The molecule has 1 saturated heterocycles. The molecule has 0 saturated carbocycles. The minimum atomic E-state index is -0.481. The van der Waals surface area contributed by atoms with Crippen LogP contribution in [0.2, 0.25) is 5.15 Å². The quantitative estimate of drug-likeness (QED) is 0.804. The average molecular weight is 255 g/mol. The molecular formula is C11H15ClN4O. The van der Waals surface area contributed by atoms with Crippen molar-refractivity contribution in [1.82, 2.24) is 9.97 Å². The normalized spacial score (nSPS) is 24.1. The lowest BCUT2D eigenvalue weighted by Gasteiger charge is -2.21. The van der Waals surface area contributed by atoms with E-state index in [2.05, 4.69) is 9.97 Å². The zero-order chi connectivity index (χ0) is 12.6. The zero-order valence-corrected chi connectivity index (χ0v) is 10.7. The molecule has 2 N–H and O–H groups in total. The van der Waals surface area contributed by atoms with Crippen molar-refractivity contribution >= 4 is 23.3 Å². The van der Waals surface area contributed by atoms with E-state index in [0.717, 1.165) is 18.8 Å². The highest BCUT2D eigenvalue weighted by Gasteiger charge is 2.39. The van der Waals surface area contributed by atoms with E-state index in [-0.39, 0.29) is 5.91 Å². The number of halogens is 1. The van der Waals surface area contributed by atoms with Crippen LogP contribution < -0.4 is 10.6 Å². The van der Waals surface area contributed by atoms with Gasteiger partial charge in [-0.15, -0.1) is 0 Å². The van der Waals surface area contributed by atoms with E-state index < -0.39 is 5.41 Å². The molecule has 1 aromatic rings. The highest BCUT2D eigenvalue weighted by atomic mass is 35.5. The second kappa shape index (κ2) is 4.14. The Morgan fingerprint density at radius 1 is 1.59 bits per heavy atom. The number of amides is 1. The third kappa shape index (κ3) is 2.34. The molecular weight excluding hydrogens is 240 g/mol. The lowest BCUT2D eigenvalue weighted by Crippen LogP contribution is -2.37. The van der Waals surface area contributed by atoms with Gasteiger partial charge in [-0.25, -0.2) is 9.97 Å². The van der Waals surface area contributed by atoms with Gasteiger partial charge in [0.2, 0.25) is 5.91 Å². The van der Waals surface area contributed by atoms with Crippen molar-refractivity contribution in [3.63, 3.8) is 0 Å². The highest BCUT2D eigenvalue weighted by molar-refractivity contribution is 6.29. The Bertz CT molecular complexity index is 445. The van der Waals surface area contributed by atoms with Gasteiger partial charge in [-0.05, 0) is 20.3 Å². The van der Waals surface area contributed by atoms with Crippen molar-refractivity contribution < 1.29 is 4.79 Å². The summed E-state index contributed by atoms with van der Waals surface area (Å²) in [5.41, 5.74) is 4.93. The van der Waals surface area contributed by atoms with Gasteiger partial charge in [0.05, 0.1) is 5.41 Å². The summed E-state index contributed by atoms with van der Waals surface area (Å²) in [6.45, 7) is 5.01. The van der Waals surface area contributed by atoms with Crippen molar-refractivity contribution in [3.05, 3.63) is 17.0 Å². The molecule has 0 radical (unpaired) electrons. The molecule has 0 aliphatic carbocycles. The number of nitrogens with two attached hydrogens (primary N) is 1. The molecule has 5 nitrogen and oxygen atoms in total. The maximum absolute atomic E-state index is 11.4. The van der Waals surface area contributed by atoms with Crippen LogP contribution >= 0.6 is 11.6 Å².